The zero-order chi connectivity index (χ0) is 18.9. The Kier molecular flexibility index (Phi) is 7.23. The number of thioether (sulfide) groups is 1. The number of nitrogens with zero attached hydrogens (tertiary/aromatic N) is 1. The number of amides is 2. The number of benzene rings is 2. The Hall–Kier alpha value is -2.80. The third-order valence-corrected chi connectivity index (χ3v) is 4.05. The highest BCUT2D eigenvalue weighted by Gasteiger charge is 2.13. The summed E-state index contributed by atoms with van der Waals surface area (Å²) < 4.78 is 5.51. The second-order valence-corrected chi connectivity index (χ2v) is 6.18. The van der Waals surface area contributed by atoms with Crippen LogP contribution in [-0.4, -0.2) is 30.9 Å². The van der Waals surface area contributed by atoms with Crippen LogP contribution in [0.15, 0.2) is 52.5 Å². The van der Waals surface area contributed by atoms with Crippen LogP contribution < -0.4 is 15.5 Å². The third-order valence-electron chi connectivity index (χ3n) is 3.32. The Bertz CT molecular complexity index is 821. The van der Waals surface area contributed by atoms with Crippen molar-refractivity contribution in [3.8, 4) is 5.75 Å². The molecule has 2 aromatic rings. The molecule has 136 valence electrons. The minimum atomic E-state index is -0.389. The predicted octanol–water partition coefficient (Wildman–Crippen LogP) is 3.53. The molecule has 7 heteroatoms. The summed E-state index contributed by atoms with van der Waals surface area (Å²) in [5, 5.41) is 6.67. The summed E-state index contributed by atoms with van der Waals surface area (Å²) in [6.07, 6.45) is 3.58. The number of carbonyl (C=O) groups excluding carboxylic acids is 2. The lowest BCUT2D eigenvalue weighted by molar-refractivity contribution is -0.114. The number of carbonyl (C=O) groups is 2. The van der Waals surface area contributed by atoms with Crippen LogP contribution in [-0.2, 0) is 4.79 Å². The molecule has 0 saturated heterocycles. The highest BCUT2D eigenvalue weighted by molar-refractivity contribution is 7.98. The van der Waals surface area contributed by atoms with Gasteiger partial charge in [-0.25, -0.2) is 5.43 Å². The van der Waals surface area contributed by atoms with Gasteiger partial charge in [0, 0.05) is 23.6 Å². The van der Waals surface area contributed by atoms with Gasteiger partial charge in [-0.05, 0) is 43.0 Å². The van der Waals surface area contributed by atoms with Crippen molar-refractivity contribution in [3.05, 3.63) is 53.6 Å². The second-order valence-electron chi connectivity index (χ2n) is 5.30. The largest absolute Gasteiger partial charge is 0.493 e. The van der Waals surface area contributed by atoms with E-state index in [2.05, 4.69) is 15.8 Å². The number of anilines is 1. The zero-order valence-corrected chi connectivity index (χ0v) is 15.7. The summed E-state index contributed by atoms with van der Waals surface area (Å²) in [6, 6.07) is 12.7. The first kappa shape index (κ1) is 19.5. The van der Waals surface area contributed by atoms with Crippen molar-refractivity contribution in [1.82, 2.24) is 5.43 Å². The van der Waals surface area contributed by atoms with E-state index in [9.17, 15) is 9.59 Å². The average molecular weight is 371 g/mol. The smallest absolute Gasteiger partial charge is 0.275 e. The van der Waals surface area contributed by atoms with Gasteiger partial charge in [-0.3, -0.25) is 9.59 Å². The zero-order valence-electron chi connectivity index (χ0n) is 14.9. The summed E-state index contributed by atoms with van der Waals surface area (Å²) in [5.74, 6) is -0.197. The number of nitrogens with one attached hydrogen (secondary N) is 2. The van der Waals surface area contributed by atoms with Gasteiger partial charge in [-0.15, -0.1) is 11.8 Å². The van der Waals surface area contributed by atoms with E-state index in [1.165, 1.54) is 6.92 Å². The van der Waals surface area contributed by atoms with E-state index in [-0.39, 0.29) is 11.8 Å². The molecule has 0 aromatic heterocycles. The molecule has 0 saturated carbocycles. The van der Waals surface area contributed by atoms with E-state index in [1.54, 1.807) is 36.2 Å². The molecule has 26 heavy (non-hydrogen) atoms. The van der Waals surface area contributed by atoms with Gasteiger partial charge in [-0.2, -0.15) is 5.10 Å². The molecule has 0 spiro atoms. The van der Waals surface area contributed by atoms with Crippen LogP contribution >= 0.6 is 11.8 Å². The topological polar surface area (TPSA) is 79.8 Å². The van der Waals surface area contributed by atoms with E-state index in [1.807, 2.05) is 37.4 Å². The molecule has 0 atom stereocenters. The first-order valence-electron chi connectivity index (χ1n) is 8.05. The van der Waals surface area contributed by atoms with Crippen molar-refractivity contribution < 1.29 is 14.3 Å². The molecular formula is C19H21N3O3S. The van der Waals surface area contributed by atoms with Crippen molar-refractivity contribution >= 4 is 35.5 Å². The maximum absolute atomic E-state index is 12.4. The van der Waals surface area contributed by atoms with Crippen molar-refractivity contribution in [2.24, 2.45) is 5.10 Å². The van der Waals surface area contributed by atoms with Crippen LogP contribution in [0.4, 0.5) is 5.69 Å². The molecule has 2 N–H and O–H groups in total. The fourth-order valence-electron chi connectivity index (χ4n) is 2.21. The summed E-state index contributed by atoms with van der Waals surface area (Å²) in [4.78, 5) is 24.7. The highest BCUT2D eigenvalue weighted by atomic mass is 32.2. The SMILES string of the molecule is CCOc1cc(NC(C)=O)ccc1C(=O)NN=Cc1cccc(SC)c1. The Morgan fingerprint density at radius 2 is 2.04 bits per heavy atom. The van der Waals surface area contributed by atoms with E-state index >= 15 is 0 Å². The maximum Gasteiger partial charge on any atom is 0.275 e. The van der Waals surface area contributed by atoms with Crippen LogP contribution in [0.25, 0.3) is 0 Å². The van der Waals surface area contributed by atoms with Gasteiger partial charge in [0.15, 0.2) is 0 Å². The van der Waals surface area contributed by atoms with E-state index in [0.717, 1.165) is 10.5 Å². The number of hydrogen-bond acceptors (Lipinski definition) is 5. The fourth-order valence-corrected chi connectivity index (χ4v) is 2.68. The van der Waals surface area contributed by atoms with Crippen LogP contribution in [0.3, 0.4) is 0 Å². The van der Waals surface area contributed by atoms with Crippen LogP contribution in [0.1, 0.15) is 29.8 Å². The van der Waals surface area contributed by atoms with Gasteiger partial charge in [0.25, 0.3) is 5.91 Å². The molecule has 0 aliphatic heterocycles. The molecule has 0 radical (unpaired) electrons. The lowest BCUT2D eigenvalue weighted by atomic mass is 10.1. The molecule has 0 unspecified atom stereocenters. The van der Waals surface area contributed by atoms with Crippen molar-refractivity contribution in [1.29, 1.82) is 0 Å². The van der Waals surface area contributed by atoms with Crippen LogP contribution in [0, 0.1) is 0 Å². The minimum Gasteiger partial charge on any atom is -0.493 e. The normalized spacial score (nSPS) is 10.6. The molecule has 0 heterocycles. The molecule has 0 aliphatic carbocycles. The van der Waals surface area contributed by atoms with E-state index in [0.29, 0.717) is 23.6 Å². The molecule has 0 bridgehead atoms. The quantitative estimate of drug-likeness (QED) is 0.443. The first-order valence-corrected chi connectivity index (χ1v) is 9.28. The average Bonchev–Trinajstić information content (AvgIpc) is 2.62. The molecule has 2 rings (SSSR count). The molecular weight excluding hydrogens is 350 g/mol. The number of ether oxygens (including phenoxy) is 1. The van der Waals surface area contributed by atoms with Gasteiger partial charge >= 0.3 is 0 Å². The van der Waals surface area contributed by atoms with E-state index < -0.39 is 0 Å². The number of rotatable bonds is 7. The third kappa shape index (κ3) is 5.63. The van der Waals surface area contributed by atoms with E-state index in [4.69, 9.17) is 4.74 Å². The van der Waals surface area contributed by atoms with Gasteiger partial charge in [-0.1, -0.05) is 12.1 Å². The molecule has 2 aromatic carbocycles. The number of hydrazone groups is 1. The van der Waals surface area contributed by atoms with Crippen molar-refractivity contribution in [3.63, 3.8) is 0 Å². The summed E-state index contributed by atoms with van der Waals surface area (Å²) in [5.41, 5.74) is 4.30. The summed E-state index contributed by atoms with van der Waals surface area (Å²) in [7, 11) is 0. The summed E-state index contributed by atoms with van der Waals surface area (Å²) >= 11 is 1.64. The first-order chi connectivity index (χ1) is 12.5. The Balaban J connectivity index is 2.12. The molecule has 0 fully saturated rings. The van der Waals surface area contributed by atoms with Crippen molar-refractivity contribution in [2.75, 3.05) is 18.2 Å². The van der Waals surface area contributed by atoms with Gasteiger partial charge in [0.2, 0.25) is 5.91 Å². The van der Waals surface area contributed by atoms with Gasteiger partial charge in [0.05, 0.1) is 18.4 Å². The lowest BCUT2D eigenvalue weighted by Gasteiger charge is -2.11. The minimum absolute atomic E-state index is 0.193. The number of hydrogen-bond donors (Lipinski definition) is 2. The lowest BCUT2D eigenvalue weighted by Crippen LogP contribution is -2.19. The van der Waals surface area contributed by atoms with Gasteiger partial charge < -0.3 is 10.1 Å². The Morgan fingerprint density at radius 3 is 2.73 bits per heavy atom. The van der Waals surface area contributed by atoms with Crippen LogP contribution in [0.5, 0.6) is 5.75 Å². The second kappa shape index (κ2) is 9.62. The predicted molar refractivity (Wildman–Crippen MR) is 105 cm³/mol. The Morgan fingerprint density at radius 1 is 1.23 bits per heavy atom. The molecule has 0 aliphatic rings. The standard InChI is InChI=1S/C19H21N3O3S/c1-4-25-18-11-15(21-13(2)23)8-9-17(18)19(24)22-20-12-14-6-5-7-16(10-14)26-3/h5-12H,4H2,1-3H3,(H,21,23)(H,22,24). The highest BCUT2D eigenvalue weighted by Crippen LogP contribution is 2.23. The molecule has 2 amide bonds. The monoisotopic (exact) mass is 371 g/mol. The molecule has 6 nitrogen and oxygen atoms in total. The van der Waals surface area contributed by atoms with Crippen molar-refractivity contribution in [2.45, 2.75) is 18.7 Å². The Labute approximate surface area is 157 Å². The maximum atomic E-state index is 12.4. The fraction of sp³-hybridized carbons (Fsp3) is 0.211. The van der Waals surface area contributed by atoms with Gasteiger partial charge in [0.1, 0.15) is 5.75 Å². The summed E-state index contributed by atoms with van der Waals surface area (Å²) in [6.45, 7) is 3.64. The van der Waals surface area contributed by atoms with Crippen LogP contribution in [0.2, 0.25) is 0 Å².